The normalized spacial score (nSPS) is 36.0. The van der Waals surface area contributed by atoms with Crippen molar-refractivity contribution in [1.29, 1.82) is 0 Å². The molecule has 1 amide bonds. The number of hydrogen-bond acceptors (Lipinski definition) is 4. The van der Waals surface area contributed by atoms with Crippen LogP contribution in [0.3, 0.4) is 0 Å². The first-order valence-electron chi connectivity index (χ1n) is 10.6. The Morgan fingerprint density at radius 1 is 1.07 bits per heavy atom. The predicted molar refractivity (Wildman–Crippen MR) is 108 cm³/mol. The van der Waals surface area contributed by atoms with E-state index in [2.05, 4.69) is 4.90 Å². The van der Waals surface area contributed by atoms with E-state index in [4.69, 9.17) is 5.11 Å². The summed E-state index contributed by atoms with van der Waals surface area (Å²) < 4.78 is 0. The molecule has 1 saturated heterocycles. The second-order valence-corrected chi connectivity index (χ2v) is 10.1. The van der Waals surface area contributed by atoms with Gasteiger partial charge in [-0.05, 0) is 78.9 Å². The van der Waals surface area contributed by atoms with Gasteiger partial charge in [0, 0.05) is 43.2 Å². The highest BCUT2D eigenvalue weighted by Gasteiger charge is 2.50. The zero-order chi connectivity index (χ0) is 18.4. The van der Waals surface area contributed by atoms with Crippen LogP contribution in [0.1, 0.15) is 42.5 Å². The molecule has 6 rings (SSSR count). The predicted octanol–water partition coefficient (Wildman–Crippen LogP) is 3.22. The number of nitrogens with zero attached hydrogens (tertiary/aromatic N) is 2. The van der Waals surface area contributed by atoms with Crippen LogP contribution >= 0.6 is 11.3 Å². The molecule has 5 fully saturated rings. The lowest BCUT2D eigenvalue weighted by Crippen LogP contribution is -2.60. The van der Waals surface area contributed by atoms with Crippen LogP contribution in [0.15, 0.2) is 17.5 Å². The Morgan fingerprint density at radius 2 is 1.74 bits per heavy atom. The molecule has 0 radical (unpaired) electrons. The van der Waals surface area contributed by atoms with Crippen LogP contribution in [0.5, 0.6) is 0 Å². The topological polar surface area (TPSA) is 43.8 Å². The van der Waals surface area contributed by atoms with Gasteiger partial charge in [-0.15, -0.1) is 11.3 Å². The molecule has 146 valence electrons. The summed E-state index contributed by atoms with van der Waals surface area (Å²) in [6, 6.07) is 2.74. The Kier molecular flexibility index (Phi) is 4.87. The van der Waals surface area contributed by atoms with E-state index >= 15 is 0 Å². The standard InChI is InChI=1S/C22H30N2O2S/c25-13-17-12-20(27-14-17)1-2-21(26)23-3-5-24(6-4-23)22-18-8-15-7-16(10-18)11-19(22)9-15/h1-2,12,14-16,18-19,22,25H,3-11,13H2. The number of thiophene rings is 1. The summed E-state index contributed by atoms with van der Waals surface area (Å²) in [5.41, 5.74) is 0.913. The van der Waals surface area contributed by atoms with Gasteiger partial charge >= 0.3 is 0 Å². The van der Waals surface area contributed by atoms with Gasteiger partial charge in [-0.2, -0.15) is 0 Å². The fourth-order valence-electron chi connectivity index (χ4n) is 6.56. The van der Waals surface area contributed by atoms with Crippen LogP contribution in [0.4, 0.5) is 0 Å². The Balaban J connectivity index is 1.16. The SMILES string of the molecule is O=C(C=Cc1cc(CO)cs1)N1CCN(C2C3CC4CC(C3)CC2C4)CC1. The Morgan fingerprint density at radius 3 is 2.33 bits per heavy atom. The minimum absolute atomic E-state index is 0.0604. The first-order chi connectivity index (χ1) is 13.2. The van der Waals surface area contributed by atoms with Crippen molar-refractivity contribution in [3.8, 4) is 0 Å². The van der Waals surface area contributed by atoms with Crippen LogP contribution in [-0.4, -0.2) is 53.0 Å². The van der Waals surface area contributed by atoms with Gasteiger partial charge < -0.3 is 10.0 Å². The lowest BCUT2D eigenvalue weighted by Gasteiger charge is -2.58. The maximum atomic E-state index is 12.6. The largest absolute Gasteiger partial charge is 0.392 e. The minimum Gasteiger partial charge on any atom is -0.392 e. The maximum Gasteiger partial charge on any atom is 0.246 e. The molecule has 4 saturated carbocycles. The third-order valence-electron chi connectivity index (χ3n) is 7.47. The molecule has 0 aromatic carbocycles. The van der Waals surface area contributed by atoms with Crippen LogP contribution in [0.2, 0.25) is 0 Å². The third-order valence-corrected chi connectivity index (χ3v) is 8.42. The van der Waals surface area contributed by atoms with E-state index in [1.807, 2.05) is 22.4 Å². The molecule has 4 nitrogen and oxygen atoms in total. The quantitative estimate of drug-likeness (QED) is 0.808. The van der Waals surface area contributed by atoms with Crippen molar-refractivity contribution in [1.82, 2.24) is 9.80 Å². The second-order valence-electron chi connectivity index (χ2n) is 9.13. The fourth-order valence-corrected chi connectivity index (χ4v) is 7.35. The van der Waals surface area contributed by atoms with Crippen LogP contribution < -0.4 is 0 Å². The first-order valence-corrected chi connectivity index (χ1v) is 11.5. The lowest BCUT2D eigenvalue weighted by atomic mass is 9.54. The first kappa shape index (κ1) is 17.9. The molecule has 5 heteroatoms. The Bertz CT molecular complexity index is 692. The molecule has 1 N–H and O–H groups in total. The zero-order valence-electron chi connectivity index (χ0n) is 15.9. The van der Waals surface area contributed by atoms with Crippen molar-refractivity contribution in [2.24, 2.45) is 23.7 Å². The molecule has 0 unspecified atom stereocenters. The summed E-state index contributed by atoms with van der Waals surface area (Å²) in [5.74, 6) is 4.05. The number of amides is 1. The Hall–Kier alpha value is -1.17. The number of piperazine rings is 1. The van der Waals surface area contributed by atoms with Gasteiger partial charge in [0.1, 0.15) is 0 Å². The summed E-state index contributed by atoms with van der Waals surface area (Å²) in [5, 5.41) is 11.1. The summed E-state index contributed by atoms with van der Waals surface area (Å²) in [4.78, 5) is 18.3. The van der Waals surface area contributed by atoms with E-state index in [1.54, 1.807) is 17.4 Å². The van der Waals surface area contributed by atoms with Gasteiger partial charge in [-0.25, -0.2) is 0 Å². The van der Waals surface area contributed by atoms with E-state index in [0.29, 0.717) is 0 Å². The second kappa shape index (κ2) is 7.34. The molecule has 1 aromatic rings. The summed E-state index contributed by atoms with van der Waals surface area (Å²) in [7, 11) is 0. The van der Waals surface area contributed by atoms with Crippen molar-refractivity contribution >= 4 is 23.3 Å². The van der Waals surface area contributed by atoms with E-state index in [9.17, 15) is 4.79 Å². The molecule has 4 aliphatic carbocycles. The fraction of sp³-hybridized carbons (Fsp3) is 0.682. The zero-order valence-corrected chi connectivity index (χ0v) is 16.7. The smallest absolute Gasteiger partial charge is 0.246 e. The van der Waals surface area contributed by atoms with Crippen LogP contribution in [0.25, 0.3) is 6.08 Å². The molecule has 1 aromatic heterocycles. The molecular weight excluding hydrogens is 356 g/mol. The number of aliphatic hydroxyl groups excluding tert-OH is 1. The molecule has 2 heterocycles. The highest BCUT2D eigenvalue weighted by molar-refractivity contribution is 7.11. The summed E-state index contributed by atoms with van der Waals surface area (Å²) in [6.07, 6.45) is 11.0. The number of aliphatic hydroxyl groups is 1. The van der Waals surface area contributed by atoms with Gasteiger partial charge in [0.2, 0.25) is 5.91 Å². The van der Waals surface area contributed by atoms with E-state index in [1.165, 1.54) is 32.1 Å². The van der Waals surface area contributed by atoms with E-state index < -0.39 is 0 Å². The molecule has 5 aliphatic rings. The summed E-state index contributed by atoms with van der Waals surface area (Å²) >= 11 is 1.57. The van der Waals surface area contributed by atoms with Crippen molar-refractivity contribution in [3.63, 3.8) is 0 Å². The minimum atomic E-state index is 0.0604. The maximum absolute atomic E-state index is 12.6. The highest BCUT2D eigenvalue weighted by Crippen LogP contribution is 2.55. The summed E-state index contributed by atoms with van der Waals surface area (Å²) in [6.45, 7) is 3.86. The van der Waals surface area contributed by atoms with Crippen LogP contribution in [0, 0.1) is 23.7 Å². The van der Waals surface area contributed by atoms with Gasteiger partial charge in [0.05, 0.1) is 6.61 Å². The van der Waals surface area contributed by atoms with Gasteiger partial charge in [-0.3, -0.25) is 9.69 Å². The van der Waals surface area contributed by atoms with Crippen molar-refractivity contribution in [2.45, 2.75) is 44.8 Å². The number of rotatable bonds is 4. The van der Waals surface area contributed by atoms with Gasteiger partial charge in [0.15, 0.2) is 0 Å². The van der Waals surface area contributed by atoms with Crippen molar-refractivity contribution in [3.05, 3.63) is 28.0 Å². The van der Waals surface area contributed by atoms with Gasteiger partial charge in [-0.1, -0.05) is 0 Å². The average molecular weight is 387 g/mol. The lowest BCUT2D eigenvalue weighted by molar-refractivity contribution is -0.130. The van der Waals surface area contributed by atoms with Gasteiger partial charge in [0.25, 0.3) is 0 Å². The highest BCUT2D eigenvalue weighted by atomic mass is 32.1. The number of hydrogen-bond donors (Lipinski definition) is 1. The van der Waals surface area contributed by atoms with Crippen molar-refractivity contribution < 1.29 is 9.90 Å². The third kappa shape index (κ3) is 3.50. The van der Waals surface area contributed by atoms with E-state index in [0.717, 1.165) is 66.3 Å². The monoisotopic (exact) mass is 386 g/mol. The Labute approximate surface area is 165 Å². The molecule has 4 bridgehead atoms. The molecule has 1 aliphatic heterocycles. The molecule has 0 atom stereocenters. The molecule has 27 heavy (non-hydrogen) atoms. The number of carbonyl (C=O) groups excluding carboxylic acids is 1. The molecular formula is C22H30N2O2S. The average Bonchev–Trinajstić information content (AvgIpc) is 3.14. The number of carbonyl (C=O) groups is 1. The molecule has 0 spiro atoms. The van der Waals surface area contributed by atoms with Crippen molar-refractivity contribution in [2.75, 3.05) is 26.2 Å². The van der Waals surface area contributed by atoms with Crippen LogP contribution in [-0.2, 0) is 11.4 Å². The van der Waals surface area contributed by atoms with E-state index in [-0.39, 0.29) is 12.5 Å².